The molecule has 0 heterocycles. The highest BCUT2D eigenvalue weighted by Crippen LogP contribution is 2.30. The summed E-state index contributed by atoms with van der Waals surface area (Å²) in [5.74, 6) is -2.27. The molecule has 0 aliphatic carbocycles. The summed E-state index contributed by atoms with van der Waals surface area (Å²) in [7, 11) is -2.96. The molecule has 45 heavy (non-hydrogen) atoms. The maximum atomic E-state index is 13.6. The van der Waals surface area contributed by atoms with Gasteiger partial charge < -0.3 is 25.6 Å². The minimum absolute atomic E-state index is 0.0243. The van der Waals surface area contributed by atoms with Crippen LogP contribution in [0.15, 0.2) is 66.7 Å². The van der Waals surface area contributed by atoms with E-state index in [4.69, 9.17) is 4.74 Å². The summed E-state index contributed by atoms with van der Waals surface area (Å²) >= 11 is 0. The van der Waals surface area contributed by atoms with Gasteiger partial charge >= 0.3 is 6.03 Å². The van der Waals surface area contributed by atoms with Gasteiger partial charge in [-0.1, -0.05) is 44.2 Å². The number of nitrogens with one attached hydrogen (secondary N) is 3. The van der Waals surface area contributed by atoms with Crippen molar-refractivity contribution in [2.45, 2.75) is 38.5 Å². The number of anilines is 2. The van der Waals surface area contributed by atoms with Crippen molar-refractivity contribution in [3.05, 3.63) is 89.5 Å². The van der Waals surface area contributed by atoms with Crippen molar-refractivity contribution < 1.29 is 40.9 Å². The predicted octanol–water partition coefficient (Wildman–Crippen LogP) is 4.98. The Hall–Kier alpha value is -4.56. The summed E-state index contributed by atoms with van der Waals surface area (Å²) in [5.41, 5.74) is 1.13. The molecule has 3 rings (SSSR count). The summed E-state index contributed by atoms with van der Waals surface area (Å²) in [6.07, 6.45) is 0.494. The van der Waals surface area contributed by atoms with E-state index in [1.807, 2.05) is 13.8 Å². The lowest BCUT2D eigenvalue weighted by molar-refractivity contribution is -0.121. The van der Waals surface area contributed by atoms with Crippen LogP contribution in [-0.4, -0.2) is 51.0 Å². The second-order valence-electron chi connectivity index (χ2n) is 10.7. The molecule has 0 spiro atoms. The van der Waals surface area contributed by atoms with Gasteiger partial charge in [0.15, 0.2) is 6.61 Å². The molecule has 2 atom stereocenters. The van der Waals surface area contributed by atoms with Crippen LogP contribution in [0.2, 0.25) is 0 Å². The first-order chi connectivity index (χ1) is 21.1. The highest BCUT2D eigenvalue weighted by atomic mass is 32.2. The fraction of sp³-hybridized carbons (Fsp3) is 0.323. The van der Waals surface area contributed by atoms with E-state index in [1.54, 1.807) is 24.3 Å². The second-order valence-corrected chi connectivity index (χ2v) is 12.5. The van der Waals surface area contributed by atoms with Crippen LogP contribution in [0.3, 0.4) is 0 Å². The van der Waals surface area contributed by atoms with Gasteiger partial charge in [0.05, 0.1) is 12.6 Å². The van der Waals surface area contributed by atoms with Gasteiger partial charge in [-0.25, -0.2) is 13.6 Å². The number of carbonyl (C=O) groups excluding carboxylic acids is 3. The average molecular weight is 647 g/mol. The topological polar surface area (TPSA) is 154 Å². The number of likely N-dealkylation sites (N-methyl/N-ethyl adjacent to an activating group) is 1. The van der Waals surface area contributed by atoms with Crippen LogP contribution in [0.4, 0.5) is 25.0 Å². The summed E-state index contributed by atoms with van der Waals surface area (Å²) in [6.45, 7) is 4.39. The molecular formula is C31H36F2N4O7S. The Morgan fingerprint density at radius 2 is 1.62 bits per heavy atom. The van der Waals surface area contributed by atoms with Crippen LogP contribution in [0.1, 0.15) is 49.6 Å². The van der Waals surface area contributed by atoms with Gasteiger partial charge in [0, 0.05) is 30.1 Å². The number of amides is 4. The number of hydrogen-bond donors (Lipinski definition) is 4. The number of ether oxygens (including phenoxy) is 1. The Labute approximate surface area is 260 Å². The van der Waals surface area contributed by atoms with Crippen LogP contribution in [0, 0.1) is 17.6 Å². The lowest BCUT2D eigenvalue weighted by Crippen LogP contribution is -2.40. The van der Waals surface area contributed by atoms with Crippen molar-refractivity contribution in [3.8, 4) is 5.75 Å². The first-order valence-corrected chi connectivity index (χ1v) is 15.5. The minimum Gasteiger partial charge on any atom is -0.483 e. The van der Waals surface area contributed by atoms with Crippen LogP contribution in [0.25, 0.3) is 0 Å². The van der Waals surface area contributed by atoms with E-state index in [-0.39, 0.29) is 22.9 Å². The zero-order valence-corrected chi connectivity index (χ0v) is 26.0. The van der Waals surface area contributed by atoms with Gasteiger partial charge in [-0.15, -0.1) is 0 Å². The standard InChI is InChI=1S/C31H36F2N4O7S/c1-19(2)12-27(36-29(38)17-34-31(40)35-24-9-7-8-21(13-24)20(3)45(41,42)43)26-10-5-6-11-28(26)44-18-30(39)37(4)25-15-22(32)14-23(33)16-25/h5-11,13-16,19-20,27H,12,17-18H2,1-4H3,(H,36,38)(H2,34,35,40)(H,41,42,43). The maximum Gasteiger partial charge on any atom is 0.319 e. The van der Waals surface area contributed by atoms with E-state index in [0.29, 0.717) is 23.8 Å². The lowest BCUT2D eigenvalue weighted by Gasteiger charge is -2.24. The molecule has 3 aromatic carbocycles. The molecule has 0 aliphatic heterocycles. The van der Waals surface area contributed by atoms with E-state index in [1.165, 1.54) is 38.2 Å². The first kappa shape index (κ1) is 34.9. The molecular weight excluding hydrogens is 610 g/mol. The third-order valence-electron chi connectivity index (χ3n) is 6.77. The molecule has 0 aliphatic rings. The number of para-hydroxylation sites is 1. The normalized spacial score (nSPS) is 12.6. The first-order valence-electron chi connectivity index (χ1n) is 14.0. The Balaban J connectivity index is 1.63. The van der Waals surface area contributed by atoms with Crippen molar-refractivity contribution in [1.29, 1.82) is 0 Å². The van der Waals surface area contributed by atoms with Crippen LogP contribution in [-0.2, 0) is 19.7 Å². The number of urea groups is 1. The highest BCUT2D eigenvalue weighted by molar-refractivity contribution is 7.86. The molecule has 4 N–H and O–H groups in total. The fourth-order valence-electron chi connectivity index (χ4n) is 4.37. The van der Waals surface area contributed by atoms with Crippen molar-refractivity contribution in [3.63, 3.8) is 0 Å². The van der Waals surface area contributed by atoms with Gasteiger partial charge in [-0.05, 0) is 55.2 Å². The summed E-state index contributed by atoms with van der Waals surface area (Å²) in [4.78, 5) is 39.2. The third-order valence-corrected chi connectivity index (χ3v) is 7.93. The number of halogens is 2. The molecule has 0 aromatic heterocycles. The quantitative estimate of drug-likeness (QED) is 0.191. The molecule has 14 heteroatoms. The molecule has 2 unspecified atom stereocenters. The molecule has 0 saturated heterocycles. The molecule has 4 amide bonds. The Morgan fingerprint density at radius 3 is 2.27 bits per heavy atom. The van der Waals surface area contributed by atoms with Crippen molar-refractivity contribution in [2.75, 3.05) is 30.4 Å². The van der Waals surface area contributed by atoms with E-state index < -0.39 is 64.0 Å². The molecule has 0 fully saturated rings. The maximum absolute atomic E-state index is 13.6. The summed E-state index contributed by atoms with van der Waals surface area (Å²) in [6, 6.07) is 14.2. The van der Waals surface area contributed by atoms with Crippen molar-refractivity contribution in [2.24, 2.45) is 5.92 Å². The Morgan fingerprint density at radius 1 is 0.956 bits per heavy atom. The molecule has 0 bridgehead atoms. The molecule has 0 radical (unpaired) electrons. The number of benzene rings is 3. The monoisotopic (exact) mass is 646 g/mol. The summed E-state index contributed by atoms with van der Waals surface area (Å²) < 4.78 is 65.3. The second kappa shape index (κ2) is 15.4. The molecule has 242 valence electrons. The number of nitrogens with zero attached hydrogens (tertiary/aromatic N) is 1. The predicted molar refractivity (Wildman–Crippen MR) is 165 cm³/mol. The van der Waals surface area contributed by atoms with E-state index in [0.717, 1.165) is 17.0 Å². The van der Waals surface area contributed by atoms with Gasteiger partial charge in [0.2, 0.25) is 5.91 Å². The fourth-order valence-corrected chi connectivity index (χ4v) is 4.86. The smallest absolute Gasteiger partial charge is 0.319 e. The van der Waals surface area contributed by atoms with E-state index >= 15 is 0 Å². The SMILES string of the molecule is CC(C)CC(NC(=O)CNC(=O)Nc1cccc(C(C)S(=O)(=O)O)c1)c1ccccc1OCC(=O)N(C)c1cc(F)cc(F)c1. The Bertz CT molecular complexity index is 1620. The highest BCUT2D eigenvalue weighted by Gasteiger charge is 2.22. The largest absolute Gasteiger partial charge is 0.483 e. The molecule has 3 aromatic rings. The van der Waals surface area contributed by atoms with E-state index in [9.17, 15) is 36.1 Å². The van der Waals surface area contributed by atoms with Gasteiger partial charge in [0.1, 0.15) is 22.6 Å². The number of carbonyl (C=O) groups is 3. The number of hydrogen-bond acceptors (Lipinski definition) is 6. The van der Waals surface area contributed by atoms with Gasteiger partial charge in [-0.3, -0.25) is 14.1 Å². The van der Waals surface area contributed by atoms with Gasteiger partial charge in [0.25, 0.3) is 16.0 Å². The average Bonchev–Trinajstić information content (AvgIpc) is 2.96. The number of rotatable bonds is 13. The zero-order valence-electron chi connectivity index (χ0n) is 25.2. The molecule has 0 saturated carbocycles. The Kier molecular flexibility index (Phi) is 12.0. The lowest BCUT2D eigenvalue weighted by atomic mass is 9.96. The zero-order chi connectivity index (χ0) is 33.3. The molecule has 11 nitrogen and oxygen atoms in total. The van der Waals surface area contributed by atoms with Crippen LogP contribution in [0.5, 0.6) is 5.75 Å². The van der Waals surface area contributed by atoms with Crippen LogP contribution < -0.4 is 25.6 Å². The summed E-state index contributed by atoms with van der Waals surface area (Å²) in [5, 5.41) is 6.65. The third kappa shape index (κ3) is 10.5. The van der Waals surface area contributed by atoms with Gasteiger partial charge in [-0.2, -0.15) is 8.42 Å². The van der Waals surface area contributed by atoms with Crippen LogP contribution >= 0.6 is 0 Å². The van der Waals surface area contributed by atoms with Crippen molar-refractivity contribution >= 4 is 39.3 Å². The van der Waals surface area contributed by atoms with E-state index in [2.05, 4.69) is 16.0 Å². The van der Waals surface area contributed by atoms with Crippen molar-refractivity contribution in [1.82, 2.24) is 10.6 Å². The minimum atomic E-state index is -4.33.